The van der Waals surface area contributed by atoms with E-state index in [4.69, 9.17) is 4.74 Å². The van der Waals surface area contributed by atoms with Crippen molar-refractivity contribution in [2.45, 2.75) is 45.7 Å². The number of aliphatic imine (C=N–C) groups is 1. The molecule has 0 radical (unpaired) electrons. The molecule has 0 bridgehead atoms. The number of hydrogen-bond acceptors (Lipinski definition) is 4. The molecule has 1 heterocycles. The fraction of sp³-hybridized carbons (Fsp3) is 0.619. The topological polar surface area (TPSA) is 78.0 Å². The third-order valence-corrected chi connectivity index (χ3v) is 4.79. The largest absolute Gasteiger partial charge is 0.484 e. The molecule has 0 spiro atoms. The van der Waals surface area contributed by atoms with Crippen molar-refractivity contribution in [1.82, 2.24) is 20.9 Å². The number of piperidine rings is 1. The van der Waals surface area contributed by atoms with E-state index in [2.05, 4.69) is 32.8 Å². The van der Waals surface area contributed by atoms with Crippen LogP contribution in [0.15, 0.2) is 29.3 Å². The Morgan fingerprint density at radius 2 is 2.04 bits per heavy atom. The zero-order chi connectivity index (χ0) is 20.2. The van der Waals surface area contributed by atoms with E-state index in [9.17, 15) is 4.79 Å². The molecule has 1 aliphatic heterocycles. The summed E-state index contributed by atoms with van der Waals surface area (Å²) in [6, 6.07) is 8.24. The van der Waals surface area contributed by atoms with Gasteiger partial charge in [-0.1, -0.05) is 19.1 Å². The second-order valence-electron chi connectivity index (χ2n) is 7.08. The van der Waals surface area contributed by atoms with Gasteiger partial charge in [0, 0.05) is 39.3 Å². The van der Waals surface area contributed by atoms with Gasteiger partial charge in [-0.15, -0.1) is 0 Å². The molecule has 0 unspecified atom stereocenters. The highest BCUT2D eigenvalue weighted by molar-refractivity contribution is 5.80. The lowest BCUT2D eigenvalue weighted by Gasteiger charge is -2.32. The molecule has 1 amide bonds. The third kappa shape index (κ3) is 7.76. The molecule has 0 aromatic heterocycles. The number of carbonyl (C=O) groups is 1. The second kappa shape index (κ2) is 12.2. The number of rotatable bonds is 9. The quantitative estimate of drug-likeness (QED) is 0.443. The summed E-state index contributed by atoms with van der Waals surface area (Å²) in [7, 11) is 1.80. The van der Waals surface area contributed by atoms with E-state index in [0.717, 1.165) is 37.5 Å². The van der Waals surface area contributed by atoms with Crippen molar-refractivity contribution in [3.8, 4) is 5.75 Å². The van der Waals surface area contributed by atoms with Gasteiger partial charge in [0.1, 0.15) is 5.75 Å². The number of ether oxygens (including phenoxy) is 1. The maximum atomic E-state index is 11.5. The number of likely N-dealkylation sites (tertiary alicyclic amines) is 1. The van der Waals surface area contributed by atoms with Crippen LogP contribution in [-0.2, 0) is 11.3 Å². The van der Waals surface area contributed by atoms with Gasteiger partial charge < -0.3 is 25.6 Å². The number of benzene rings is 1. The Morgan fingerprint density at radius 1 is 1.25 bits per heavy atom. The fourth-order valence-corrected chi connectivity index (χ4v) is 3.33. The van der Waals surface area contributed by atoms with Crippen molar-refractivity contribution in [3.63, 3.8) is 0 Å². The van der Waals surface area contributed by atoms with Gasteiger partial charge in [0.2, 0.25) is 0 Å². The Bertz CT molecular complexity index is 627. The molecular weight excluding hydrogens is 354 g/mol. The lowest BCUT2D eigenvalue weighted by Crippen LogP contribution is -2.48. The van der Waals surface area contributed by atoms with Gasteiger partial charge >= 0.3 is 0 Å². The average Bonchev–Trinajstić information content (AvgIpc) is 2.71. The molecule has 0 atom stereocenters. The molecule has 0 saturated carbocycles. The Hall–Kier alpha value is -2.28. The summed E-state index contributed by atoms with van der Waals surface area (Å²) in [5, 5.41) is 9.63. The van der Waals surface area contributed by atoms with Crippen LogP contribution in [0.1, 0.15) is 38.7 Å². The van der Waals surface area contributed by atoms with E-state index in [1.54, 1.807) is 7.05 Å². The van der Waals surface area contributed by atoms with Gasteiger partial charge in [0.05, 0.1) is 0 Å². The van der Waals surface area contributed by atoms with E-state index in [0.29, 0.717) is 24.9 Å². The van der Waals surface area contributed by atoms with E-state index in [-0.39, 0.29) is 12.5 Å². The first-order chi connectivity index (χ1) is 13.6. The van der Waals surface area contributed by atoms with Crippen molar-refractivity contribution >= 4 is 11.9 Å². The van der Waals surface area contributed by atoms with Crippen molar-refractivity contribution < 1.29 is 9.53 Å². The van der Waals surface area contributed by atoms with Crippen LogP contribution in [0.2, 0.25) is 0 Å². The number of nitrogens with zero attached hydrogens (tertiary/aromatic N) is 2. The van der Waals surface area contributed by atoms with Crippen LogP contribution in [0.3, 0.4) is 0 Å². The van der Waals surface area contributed by atoms with Gasteiger partial charge in [-0.05, 0) is 50.4 Å². The van der Waals surface area contributed by atoms with Crippen LogP contribution in [0.5, 0.6) is 5.75 Å². The van der Waals surface area contributed by atoms with Crippen molar-refractivity contribution in [1.29, 1.82) is 0 Å². The van der Waals surface area contributed by atoms with Gasteiger partial charge in [-0.2, -0.15) is 0 Å². The van der Waals surface area contributed by atoms with Crippen LogP contribution in [0, 0.1) is 0 Å². The summed E-state index contributed by atoms with van der Waals surface area (Å²) in [5.41, 5.74) is 1.08. The molecular formula is C21H35N5O2. The first-order valence-electron chi connectivity index (χ1n) is 10.3. The second-order valence-corrected chi connectivity index (χ2v) is 7.08. The van der Waals surface area contributed by atoms with Crippen LogP contribution >= 0.6 is 0 Å². The highest BCUT2D eigenvalue weighted by Crippen LogP contribution is 2.13. The van der Waals surface area contributed by atoms with Gasteiger partial charge in [0.25, 0.3) is 5.91 Å². The zero-order valence-corrected chi connectivity index (χ0v) is 17.5. The van der Waals surface area contributed by atoms with Crippen LogP contribution in [-0.4, -0.2) is 62.6 Å². The first kappa shape index (κ1) is 22.0. The number of amides is 1. The predicted molar refractivity (Wildman–Crippen MR) is 114 cm³/mol. The van der Waals surface area contributed by atoms with Gasteiger partial charge in [0.15, 0.2) is 12.6 Å². The fourth-order valence-electron chi connectivity index (χ4n) is 3.33. The summed E-state index contributed by atoms with van der Waals surface area (Å²) < 4.78 is 5.56. The van der Waals surface area contributed by atoms with E-state index in [1.807, 2.05) is 31.2 Å². The Balaban J connectivity index is 1.77. The highest BCUT2D eigenvalue weighted by atomic mass is 16.5. The molecule has 3 N–H and O–H groups in total. The molecule has 1 aromatic rings. The van der Waals surface area contributed by atoms with Gasteiger partial charge in [-0.3, -0.25) is 9.79 Å². The molecule has 1 aromatic carbocycles. The molecule has 7 nitrogen and oxygen atoms in total. The molecule has 1 aliphatic rings. The smallest absolute Gasteiger partial charge is 0.257 e. The number of nitrogens with one attached hydrogen (secondary N) is 3. The Kier molecular flexibility index (Phi) is 9.62. The van der Waals surface area contributed by atoms with Crippen molar-refractivity contribution in [3.05, 3.63) is 29.8 Å². The molecule has 1 saturated heterocycles. The number of likely N-dealkylation sites (N-methyl/N-ethyl adjacent to an activating group) is 1. The maximum absolute atomic E-state index is 11.5. The minimum Gasteiger partial charge on any atom is -0.484 e. The number of guanidine groups is 1. The Labute approximate surface area is 168 Å². The van der Waals surface area contributed by atoms with Crippen LogP contribution in [0.25, 0.3) is 0 Å². The summed E-state index contributed by atoms with van der Waals surface area (Å²) >= 11 is 0. The lowest BCUT2D eigenvalue weighted by molar-refractivity contribution is -0.122. The monoisotopic (exact) mass is 389 g/mol. The molecule has 0 aliphatic carbocycles. The average molecular weight is 390 g/mol. The van der Waals surface area contributed by atoms with Crippen LogP contribution in [0.4, 0.5) is 0 Å². The lowest BCUT2D eigenvalue weighted by atomic mass is 10.1. The molecule has 28 heavy (non-hydrogen) atoms. The Morgan fingerprint density at radius 3 is 2.71 bits per heavy atom. The molecule has 2 rings (SSSR count). The van der Waals surface area contributed by atoms with E-state index < -0.39 is 0 Å². The molecule has 1 fully saturated rings. The maximum Gasteiger partial charge on any atom is 0.257 e. The normalized spacial score (nSPS) is 15.9. The summed E-state index contributed by atoms with van der Waals surface area (Å²) in [6.45, 7) is 8.89. The van der Waals surface area contributed by atoms with Crippen molar-refractivity contribution in [2.75, 3.05) is 39.8 Å². The third-order valence-electron chi connectivity index (χ3n) is 4.79. The first-order valence-corrected chi connectivity index (χ1v) is 10.3. The molecule has 7 heteroatoms. The highest BCUT2D eigenvalue weighted by Gasteiger charge is 2.19. The minimum absolute atomic E-state index is 0.0324. The number of carbonyl (C=O) groups excluding carboxylic acids is 1. The minimum atomic E-state index is -0.111. The van der Waals surface area contributed by atoms with E-state index >= 15 is 0 Å². The standard InChI is InChI=1S/C21H35N5O2/c1-4-11-26-12-9-18(10-13-26)25-21(22-3)24-15-17-7-6-8-19(14-17)28-16-20(27)23-5-2/h6-8,14,18H,4-5,9-13,15-16H2,1-3H3,(H,23,27)(H2,22,24,25). The summed E-state index contributed by atoms with van der Waals surface area (Å²) in [6.07, 6.45) is 3.50. The summed E-state index contributed by atoms with van der Waals surface area (Å²) in [4.78, 5) is 18.4. The summed E-state index contributed by atoms with van der Waals surface area (Å²) in [5.74, 6) is 1.40. The molecule has 156 valence electrons. The van der Waals surface area contributed by atoms with E-state index in [1.165, 1.54) is 13.0 Å². The van der Waals surface area contributed by atoms with Crippen LogP contribution < -0.4 is 20.7 Å². The SMILES string of the molecule is CCCN1CCC(NC(=NC)NCc2cccc(OCC(=O)NCC)c2)CC1. The van der Waals surface area contributed by atoms with Gasteiger partial charge in [-0.25, -0.2) is 0 Å². The van der Waals surface area contributed by atoms with Crippen molar-refractivity contribution in [2.24, 2.45) is 4.99 Å². The zero-order valence-electron chi connectivity index (χ0n) is 17.5. The predicted octanol–water partition coefficient (Wildman–Crippen LogP) is 1.74. The number of hydrogen-bond donors (Lipinski definition) is 3.